The Hall–Kier alpha value is -1.55. The largest absolute Gasteiger partial charge is 0.351 e. The smallest absolute Gasteiger partial charge is 0.286 e. The average molecular weight is 286 g/mol. The van der Waals surface area contributed by atoms with Gasteiger partial charge in [0.2, 0.25) is 0 Å². The molecule has 0 saturated carbocycles. The molecule has 1 aromatic rings. The van der Waals surface area contributed by atoms with Crippen molar-refractivity contribution in [2.75, 3.05) is 13.1 Å². The molecular weight excluding hydrogens is 268 g/mol. The lowest BCUT2D eigenvalue weighted by molar-refractivity contribution is -0.113. The third kappa shape index (κ3) is 2.96. The molecule has 0 unspecified atom stereocenters. The molecule has 0 radical (unpaired) electrons. The van der Waals surface area contributed by atoms with Gasteiger partial charge in [-0.05, 0) is 42.2 Å². The lowest BCUT2D eigenvalue weighted by Crippen LogP contribution is -2.37. The van der Waals surface area contributed by atoms with Gasteiger partial charge in [0.25, 0.3) is 5.91 Å². The SMILES string of the molecule is C[C@H]1CCCN(C2=NC(=O)/C(=C/c3ccccc3)S2)C1. The Morgan fingerprint density at radius 2 is 2.15 bits per heavy atom. The molecule has 0 spiro atoms. The van der Waals surface area contributed by atoms with Crippen LogP contribution in [0.3, 0.4) is 0 Å². The van der Waals surface area contributed by atoms with Crippen LogP contribution in [0.4, 0.5) is 0 Å². The fourth-order valence-electron chi connectivity index (χ4n) is 2.60. The van der Waals surface area contributed by atoms with E-state index < -0.39 is 0 Å². The molecule has 0 bridgehead atoms. The van der Waals surface area contributed by atoms with E-state index in [0.29, 0.717) is 5.92 Å². The molecule has 1 atom stereocenters. The first-order chi connectivity index (χ1) is 9.72. The van der Waals surface area contributed by atoms with E-state index in [2.05, 4.69) is 16.8 Å². The van der Waals surface area contributed by atoms with Crippen LogP contribution in [-0.2, 0) is 4.79 Å². The third-order valence-corrected chi connectivity index (χ3v) is 4.68. The van der Waals surface area contributed by atoms with Crippen molar-refractivity contribution >= 4 is 28.9 Å². The second kappa shape index (κ2) is 5.83. The number of carbonyl (C=O) groups is 1. The summed E-state index contributed by atoms with van der Waals surface area (Å²) in [5, 5.41) is 0.878. The summed E-state index contributed by atoms with van der Waals surface area (Å²) in [6, 6.07) is 9.93. The summed E-state index contributed by atoms with van der Waals surface area (Å²) in [7, 11) is 0. The summed E-state index contributed by atoms with van der Waals surface area (Å²) < 4.78 is 0. The predicted octanol–water partition coefficient (Wildman–Crippen LogP) is 3.39. The van der Waals surface area contributed by atoms with Gasteiger partial charge < -0.3 is 4.90 Å². The van der Waals surface area contributed by atoms with Gasteiger partial charge in [-0.1, -0.05) is 37.3 Å². The fraction of sp³-hybridized carbons (Fsp3) is 0.375. The summed E-state index contributed by atoms with van der Waals surface area (Å²) in [5.41, 5.74) is 1.05. The zero-order valence-electron chi connectivity index (χ0n) is 11.6. The average Bonchev–Trinajstić information content (AvgIpc) is 2.81. The highest BCUT2D eigenvalue weighted by molar-refractivity contribution is 8.18. The van der Waals surface area contributed by atoms with Crippen LogP contribution in [0.25, 0.3) is 6.08 Å². The van der Waals surface area contributed by atoms with Gasteiger partial charge in [0, 0.05) is 13.1 Å². The third-order valence-electron chi connectivity index (χ3n) is 3.63. The summed E-state index contributed by atoms with van der Waals surface area (Å²) in [6.45, 7) is 4.29. The van der Waals surface area contributed by atoms with E-state index in [0.717, 1.165) is 28.7 Å². The molecule has 1 fully saturated rings. The van der Waals surface area contributed by atoms with Crippen LogP contribution in [-0.4, -0.2) is 29.1 Å². The van der Waals surface area contributed by atoms with Gasteiger partial charge in [0.05, 0.1) is 4.91 Å². The van der Waals surface area contributed by atoms with Gasteiger partial charge in [-0.3, -0.25) is 4.79 Å². The normalized spacial score (nSPS) is 25.1. The number of nitrogens with zero attached hydrogens (tertiary/aromatic N) is 2. The fourth-order valence-corrected chi connectivity index (χ4v) is 3.55. The number of aliphatic imine (C=N–C) groups is 1. The lowest BCUT2D eigenvalue weighted by atomic mass is 10.0. The van der Waals surface area contributed by atoms with E-state index in [1.54, 1.807) is 0 Å². The van der Waals surface area contributed by atoms with Gasteiger partial charge in [-0.25, -0.2) is 0 Å². The molecule has 0 aliphatic carbocycles. The first-order valence-electron chi connectivity index (χ1n) is 7.05. The molecule has 2 heterocycles. The first-order valence-corrected chi connectivity index (χ1v) is 7.86. The molecule has 3 nitrogen and oxygen atoms in total. The first kappa shape index (κ1) is 13.4. The molecule has 1 amide bonds. The van der Waals surface area contributed by atoms with Crippen LogP contribution in [0.5, 0.6) is 0 Å². The molecule has 2 aliphatic rings. The Morgan fingerprint density at radius 3 is 2.90 bits per heavy atom. The van der Waals surface area contributed by atoms with E-state index in [4.69, 9.17) is 0 Å². The van der Waals surface area contributed by atoms with Crippen LogP contribution < -0.4 is 0 Å². The Balaban J connectivity index is 1.74. The Bertz CT molecular complexity index is 565. The second-order valence-corrected chi connectivity index (χ2v) is 6.42. The zero-order valence-corrected chi connectivity index (χ0v) is 12.4. The molecule has 0 aromatic heterocycles. The van der Waals surface area contributed by atoms with Gasteiger partial charge in [0.1, 0.15) is 0 Å². The summed E-state index contributed by atoms with van der Waals surface area (Å²) in [6.07, 6.45) is 4.39. The number of thioether (sulfide) groups is 1. The van der Waals surface area contributed by atoms with E-state index >= 15 is 0 Å². The summed E-state index contributed by atoms with van der Waals surface area (Å²) in [4.78, 5) is 19.2. The Kier molecular flexibility index (Phi) is 3.92. The van der Waals surface area contributed by atoms with Gasteiger partial charge in [0.15, 0.2) is 5.17 Å². The molecule has 0 N–H and O–H groups in total. The van der Waals surface area contributed by atoms with Gasteiger partial charge in [-0.15, -0.1) is 0 Å². The topological polar surface area (TPSA) is 32.7 Å². The quantitative estimate of drug-likeness (QED) is 0.742. The molecule has 4 heteroatoms. The van der Waals surface area contributed by atoms with Crippen molar-refractivity contribution in [1.82, 2.24) is 4.90 Å². The summed E-state index contributed by atoms with van der Waals surface area (Å²) in [5.74, 6) is 0.580. The number of amides is 1. The van der Waals surface area contributed by atoms with Crippen LogP contribution in [0.1, 0.15) is 25.3 Å². The van der Waals surface area contributed by atoms with Crippen molar-refractivity contribution in [1.29, 1.82) is 0 Å². The number of likely N-dealkylation sites (tertiary alicyclic amines) is 1. The second-order valence-electron chi connectivity index (χ2n) is 5.41. The Morgan fingerprint density at radius 1 is 1.35 bits per heavy atom. The molecule has 2 aliphatic heterocycles. The number of amidine groups is 1. The van der Waals surface area contributed by atoms with E-state index in [1.807, 2.05) is 36.4 Å². The monoisotopic (exact) mass is 286 g/mol. The minimum Gasteiger partial charge on any atom is -0.351 e. The van der Waals surface area contributed by atoms with Gasteiger partial charge >= 0.3 is 0 Å². The number of hydrogen-bond acceptors (Lipinski definition) is 3. The molecule has 1 saturated heterocycles. The lowest BCUT2D eigenvalue weighted by Gasteiger charge is -2.31. The van der Waals surface area contributed by atoms with Crippen molar-refractivity contribution in [3.8, 4) is 0 Å². The van der Waals surface area contributed by atoms with Crippen LogP contribution in [0, 0.1) is 5.92 Å². The molecule has 1 aromatic carbocycles. The van der Waals surface area contributed by atoms with Crippen molar-refractivity contribution in [3.63, 3.8) is 0 Å². The minimum atomic E-state index is -0.105. The van der Waals surface area contributed by atoms with Crippen molar-refractivity contribution in [2.24, 2.45) is 10.9 Å². The minimum absolute atomic E-state index is 0.105. The standard InChI is InChI=1S/C16H18N2OS/c1-12-6-5-9-18(11-12)16-17-15(19)14(20-16)10-13-7-3-2-4-8-13/h2-4,7-8,10,12H,5-6,9,11H2,1H3/b14-10-/t12-/m0/s1. The van der Waals surface area contributed by atoms with Crippen molar-refractivity contribution in [2.45, 2.75) is 19.8 Å². The maximum absolute atomic E-state index is 12.0. The highest BCUT2D eigenvalue weighted by Gasteiger charge is 2.28. The number of piperidine rings is 1. The number of benzene rings is 1. The number of hydrogen-bond donors (Lipinski definition) is 0. The highest BCUT2D eigenvalue weighted by atomic mass is 32.2. The van der Waals surface area contributed by atoms with Crippen LogP contribution >= 0.6 is 11.8 Å². The number of carbonyl (C=O) groups excluding carboxylic acids is 1. The van der Waals surface area contributed by atoms with Crippen LogP contribution in [0.2, 0.25) is 0 Å². The molecule has 104 valence electrons. The van der Waals surface area contributed by atoms with E-state index in [1.165, 1.54) is 24.6 Å². The maximum atomic E-state index is 12.0. The molecular formula is C16H18N2OS. The predicted molar refractivity (Wildman–Crippen MR) is 84.4 cm³/mol. The maximum Gasteiger partial charge on any atom is 0.286 e. The van der Waals surface area contributed by atoms with E-state index in [9.17, 15) is 4.79 Å². The van der Waals surface area contributed by atoms with Crippen molar-refractivity contribution < 1.29 is 4.79 Å². The highest BCUT2D eigenvalue weighted by Crippen LogP contribution is 2.32. The molecule has 20 heavy (non-hydrogen) atoms. The molecule has 3 rings (SSSR count). The van der Waals surface area contributed by atoms with E-state index in [-0.39, 0.29) is 5.91 Å². The van der Waals surface area contributed by atoms with Gasteiger partial charge in [-0.2, -0.15) is 4.99 Å². The zero-order chi connectivity index (χ0) is 13.9. The van der Waals surface area contributed by atoms with Crippen LogP contribution in [0.15, 0.2) is 40.2 Å². The van der Waals surface area contributed by atoms with Crippen molar-refractivity contribution in [3.05, 3.63) is 40.8 Å². The number of rotatable bonds is 1. The Labute approximate surface area is 123 Å². The summed E-state index contributed by atoms with van der Waals surface area (Å²) >= 11 is 1.51.